The molecule has 0 saturated heterocycles. The molecule has 3 heterocycles. The average molecular weight is 559 g/mol. The van der Waals surface area contributed by atoms with E-state index < -0.39 is 23.1 Å². The first-order valence-corrected chi connectivity index (χ1v) is 12.7. The van der Waals surface area contributed by atoms with Crippen molar-refractivity contribution in [2.45, 2.75) is 19.4 Å². The Morgan fingerprint density at radius 2 is 1.90 bits per heavy atom. The van der Waals surface area contributed by atoms with Crippen LogP contribution < -0.4 is 21.5 Å². The lowest BCUT2D eigenvalue weighted by atomic mass is 10.1. The van der Waals surface area contributed by atoms with Crippen LogP contribution in [0.15, 0.2) is 72.0 Å². The predicted molar refractivity (Wildman–Crippen MR) is 148 cm³/mol. The zero-order valence-electron chi connectivity index (χ0n) is 21.5. The summed E-state index contributed by atoms with van der Waals surface area (Å²) in [7, 11) is 0. The maximum Gasteiger partial charge on any atom is 0.263 e. The molecule has 1 aliphatic rings. The Balaban J connectivity index is 1.14. The number of hydrogen-bond acceptors (Lipinski definition) is 5. The third-order valence-electron chi connectivity index (χ3n) is 6.37. The number of halogens is 2. The van der Waals surface area contributed by atoms with Crippen molar-refractivity contribution >= 4 is 40.7 Å². The van der Waals surface area contributed by atoms with Crippen LogP contribution in [0.2, 0.25) is 0 Å². The van der Waals surface area contributed by atoms with Gasteiger partial charge in [0.1, 0.15) is 5.56 Å². The van der Waals surface area contributed by atoms with Gasteiger partial charge in [0.15, 0.2) is 11.6 Å². The quantitative estimate of drug-likeness (QED) is 0.184. The van der Waals surface area contributed by atoms with Crippen molar-refractivity contribution in [1.29, 1.82) is 0 Å². The fourth-order valence-electron chi connectivity index (χ4n) is 4.35. The normalized spacial score (nSPS) is 13.1. The molecular weight excluding hydrogens is 534 g/mol. The molecule has 4 aromatic rings. The van der Waals surface area contributed by atoms with Gasteiger partial charge < -0.3 is 25.5 Å². The molecule has 208 valence electrons. The van der Waals surface area contributed by atoms with Gasteiger partial charge in [-0.1, -0.05) is 6.07 Å². The number of carbonyl (C=O) groups is 3. The molecule has 1 aliphatic heterocycles. The van der Waals surface area contributed by atoms with Gasteiger partial charge in [0.2, 0.25) is 5.91 Å². The number of fused-ring (bicyclic) bond motifs is 1. The van der Waals surface area contributed by atoms with Crippen LogP contribution in [-0.4, -0.2) is 38.8 Å². The fourth-order valence-corrected chi connectivity index (χ4v) is 4.35. The van der Waals surface area contributed by atoms with Crippen LogP contribution in [0.4, 0.5) is 20.2 Å². The Hall–Kier alpha value is -5.39. The highest BCUT2D eigenvalue weighted by atomic mass is 19.2. The highest BCUT2D eigenvalue weighted by Crippen LogP contribution is 2.34. The van der Waals surface area contributed by atoms with Crippen molar-refractivity contribution in [3.05, 3.63) is 112 Å². The number of nitrogens with zero attached hydrogens (tertiary/aromatic N) is 2. The number of H-pyrrole nitrogens is 1. The SMILES string of the molecule is O=C(CCCNC(=O)c1cccn(Cc2ccc(F)c(F)c2)c1=O)Nc1ccc2c(c1)/C(=C/c1cnc[nH]1)C(=O)N2. The number of amides is 3. The number of hydrogen-bond donors (Lipinski definition) is 4. The van der Waals surface area contributed by atoms with Crippen LogP contribution >= 0.6 is 0 Å². The van der Waals surface area contributed by atoms with E-state index in [1.807, 2.05) is 0 Å². The maximum atomic E-state index is 13.5. The van der Waals surface area contributed by atoms with E-state index in [1.165, 1.54) is 35.3 Å². The van der Waals surface area contributed by atoms with Gasteiger partial charge in [0.05, 0.1) is 30.3 Å². The Morgan fingerprint density at radius 3 is 2.68 bits per heavy atom. The second kappa shape index (κ2) is 11.8. The highest BCUT2D eigenvalue weighted by Gasteiger charge is 2.24. The van der Waals surface area contributed by atoms with Gasteiger partial charge in [-0.05, 0) is 60.5 Å². The van der Waals surface area contributed by atoms with Crippen molar-refractivity contribution < 1.29 is 23.2 Å². The molecule has 0 fully saturated rings. The lowest BCUT2D eigenvalue weighted by Gasteiger charge is -2.10. The van der Waals surface area contributed by atoms with E-state index >= 15 is 0 Å². The highest BCUT2D eigenvalue weighted by molar-refractivity contribution is 6.35. The molecule has 10 nitrogen and oxygen atoms in total. The van der Waals surface area contributed by atoms with Gasteiger partial charge in [0, 0.05) is 36.1 Å². The van der Waals surface area contributed by atoms with Gasteiger partial charge in [0.25, 0.3) is 17.4 Å². The van der Waals surface area contributed by atoms with Crippen molar-refractivity contribution in [2.75, 3.05) is 17.2 Å². The Morgan fingerprint density at radius 1 is 1.05 bits per heavy atom. The molecule has 3 amide bonds. The second-order valence-electron chi connectivity index (χ2n) is 9.29. The van der Waals surface area contributed by atoms with E-state index in [1.54, 1.807) is 30.5 Å². The maximum absolute atomic E-state index is 13.5. The molecule has 2 aromatic carbocycles. The number of pyridine rings is 1. The van der Waals surface area contributed by atoms with Crippen molar-refractivity contribution in [2.24, 2.45) is 0 Å². The van der Waals surface area contributed by atoms with Gasteiger partial charge in [-0.25, -0.2) is 13.8 Å². The topological polar surface area (TPSA) is 138 Å². The summed E-state index contributed by atoms with van der Waals surface area (Å²) >= 11 is 0. The van der Waals surface area contributed by atoms with Crippen LogP contribution in [0, 0.1) is 11.6 Å². The minimum absolute atomic E-state index is 0.0370. The molecule has 0 radical (unpaired) electrons. The van der Waals surface area contributed by atoms with Crippen LogP contribution in [-0.2, 0) is 16.1 Å². The standard InChI is InChI=1S/C29H24F2N6O4/c30-23-7-5-17(11-24(23)31)15-37-10-2-3-20(29(37)41)27(39)33-9-1-4-26(38)35-18-6-8-25-21(12-18)22(28(40)36-25)13-19-14-32-16-34-19/h2-3,5-8,10-14,16H,1,4,9,15H2,(H,32,34)(H,33,39)(H,35,38)(H,36,40)/b22-13-. The van der Waals surface area contributed by atoms with Gasteiger partial charge >= 0.3 is 0 Å². The summed E-state index contributed by atoms with van der Waals surface area (Å²) in [6.45, 7) is 0.105. The first-order valence-electron chi connectivity index (χ1n) is 12.7. The summed E-state index contributed by atoms with van der Waals surface area (Å²) in [6.07, 6.45) is 6.63. The molecule has 41 heavy (non-hydrogen) atoms. The second-order valence-corrected chi connectivity index (χ2v) is 9.29. The van der Waals surface area contributed by atoms with Crippen LogP contribution in [0.25, 0.3) is 11.6 Å². The molecule has 5 rings (SSSR count). The third-order valence-corrected chi connectivity index (χ3v) is 6.37. The molecule has 0 bridgehead atoms. The number of aromatic nitrogens is 3. The minimum atomic E-state index is -1.02. The molecule has 2 aromatic heterocycles. The summed E-state index contributed by atoms with van der Waals surface area (Å²) in [5.41, 5.74) is 2.56. The Kier molecular flexibility index (Phi) is 7.81. The van der Waals surface area contributed by atoms with Crippen LogP contribution in [0.5, 0.6) is 0 Å². The molecule has 0 spiro atoms. The van der Waals surface area contributed by atoms with E-state index in [9.17, 15) is 28.0 Å². The summed E-state index contributed by atoms with van der Waals surface area (Å²) in [5.74, 6) is -3.17. The van der Waals surface area contributed by atoms with Gasteiger partial charge in [-0.2, -0.15) is 0 Å². The number of anilines is 2. The number of benzene rings is 2. The van der Waals surface area contributed by atoms with Crippen molar-refractivity contribution in [3.8, 4) is 0 Å². The summed E-state index contributed by atoms with van der Waals surface area (Å²) in [4.78, 5) is 57.1. The van der Waals surface area contributed by atoms with E-state index in [0.717, 1.165) is 12.1 Å². The first kappa shape index (κ1) is 27.2. The number of imidazole rings is 1. The molecule has 12 heteroatoms. The number of nitrogens with one attached hydrogen (secondary N) is 4. The smallest absolute Gasteiger partial charge is 0.263 e. The first-order chi connectivity index (χ1) is 19.8. The molecule has 4 N–H and O–H groups in total. The molecule has 0 aliphatic carbocycles. The predicted octanol–water partition coefficient (Wildman–Crippen LogP) is 3.54. The van der Waals surface area contributed by atoms with E-state index in [4.69, 9.17) is 0 Å². The number of carbonyl (C=O) groups excluding carboxylic acids is 3. The Bertz CT molecular complexity index is 1730. The van der Waals surface area contributed by atoms with E-state index in [0.29, 0.717) is 40.2 Å². The van der Waals surface area contributed by atoms with Gasteiger partial charge in [-0.15, -0.1) is 0 Å². The van der Waals surface area contributed by atoms with E-state index in [2.05, 4.69) is 25.9 Å². The van der Waals surface area contributed by atoms with Gasteiger partial charge in [-0.3, -0.25) is 19.2 Å². The third kappa shape index (κ3) is 6.27. The summed E-state index contributed by atoms with van der Waals surface area (Å²) in [6, 6.07) is 11.3. The summed E-state index contributed by atoms with van der Waals surface area (Å²) < 4.78 is 27.9. The van der Waals surface area contributed by atoms with Crippen molar-refractivity contribution in [1.82, 2.24) is 19.9 Å². The van der Waals surface area contributed by atoms with E-state index in [-0.39, 0.29) is 36.9 Å². The number of rotatable bonds is 9. The zero-order chi connectivity index (χ0) is 28.9. The lowest BCUT2D eigenvalue weighted by Crippen LogP contribution is -2.33. The number of aromatic amines is 1. The van der Waals surface area contributed by atoms with Crippen LogP contribution in [0.1, 0.15) is 40.0 Å². The zero-order valence-corrected chi connectivity index (χ0v) is 21.5. The van der Waals surface area contributed by atoms with Crippen molar-refractivity contribution in [3.63, 3.8) is 0 Å². The largest absolute Gasteiger partial charge is 0.352 e. The molecule has 0 saturated carbocycles. The fraction of sp³-hybridized carbons (Fsp3) is 0.138. The molecule has 0 atom stereocenters. The lowest BCUT2D eigenvalue weighted by molar-refractivity contribution is -0.116. The monoisotopic (exact) mass is 558 g/mol. The minimum Gasteiger partial charge on any atom is -0.352 e. The summed E-state index contributed by atoms with van der Waals surface area (Å²) in [5, 5.41) is 8.20. The van der Waals surface area contributed by atoms with Crippen LogP contribution in [0.3, 0.4) is 0 Å². The Labute approximate surface area is 232 Å². The molecule has 0 unspecified atom stereocenters. The molecular formula is C29H24F2N6O4. The average Bonchev–Trinajstić information content (AvgIpc) is 3.57.